The Bertz CT molecular complexity index is 1080. The highest BCUT2D eigenvalue weighted by atomic mass is 35.5. The third kappa shape index (κ3) is 4.22. The maximum Gasteiger partial charge on any atom is 0.340 e. The third-order valence-corrected chi connectivity index (χ3v) is 6.22. The van der Waals surface area contributed by atoms with Crippen molar-refractivity contribution < 1.29 is 14.3 Å². The van der Waals surface area contributed by atoms with Crippen molar-refractivity contribution in [1.29, 1.82) is 0 Å². The van der Waals surface area contributed by atoms with Crippen molar-refractivity contribution in [3.8, 4) is 5.75 Å². The summed E-state index contributed by atoms with van der Waals surface area (Å²) in [6, 6.07) is 14.8. The lowest BCUT2D eigenvalue weighted by Crippen LogP contribution is -2.54. The van der Waals surface area contributed by atoms with Crippen molar-refractivity contribution in [1.82, 2.24) is 25.8 Å². The number of rotatable bonds is 6. The molecule has 0 aliphatic carbocycles. The van der Waals surface area contributed by atoms with Crippen LogP contribution in [0, 0.1) is 0 Å². The molecular formula is C23H25ClN6O3. The summed E-state index contributed by atoms with van der Waals surface area (Å²) < 4.78 is 5.56. The van der Waals surface area contributed by atoms with Gasteiger partial charge in [0.15, 0.2) is 0 Å². The van der Waals surface area contributed by atoms with Crippen LogP contribution in [0.15, 0.2) is 60.9 Å². The van der Waals surface area contributed by atoms with Crippen LogP contribution < -0.4 is 20.9 Å². The van der Waals surface area contributed by atoms with E-state index >= 15 is 0 Å². The van der Waals surface area contributed by atoms with Crippen LogP contribution in [0.2, 0.25) is 5.02 Å². The summed E-state index contributed by atoms with van der Waals surface area (Å²) in [5.74, 6) is 0.280. The Hall–Kier alpha value is -3.27. The first-order valence-corrected chi connectivity index (χ1v) is 11.3. The van der Waals surface area contributed by atoms with Crippen LogP contribution in [0.1, 0.15) is 24.9 Å². The van der Waals surface area contributed by atoms with Gasteiger partial charge < -0.3 is 15.1 Å². The minimum Gasteiger partial charge on any atom is -0.492 e. The summed E-state index contributed by atoms with van der Waals surface area (Å²) in [6.45, 7) is 2.25. The van der Waals surface area contributed by atoms with Crippen molar-refractivity contribution in [3.05, 3.63) is 71.5 Å². The van der Waals surface area contributed by atoms with Crippen LogP contribution in [-0.4, -0.2) is 52.2 Å². The van der Waals surface area contributed by atoms with Crippen molar-refractivity contribution in [3.63, 3.8) is 0 Å². The van der Waals surface area contributed by atoms with Gasteiger partial charge in [0.05, 0.1) is 24.4 Å². The summed E-state index contributed by atoms with van der Waals surface area (Å²) in [4.78, 5) is 27.3. The molecule has 0 aromatic heterocycles. The molecule has 33 heavy (non-hydrogen) atoms. The number of hydrogen-bond acceptors (Lipinski definition) is 6. The maximum atomic E-state index is 13.0. The Morgan fingerprint density at radius 3 is 2.73 bits per heavy atom. The number of amides is 3. The monoisotopic (exact) mass is 468 g/mol. The smallest absolute Gasteiger partial charge is 0.340 e. The highest BCUT2D eigenvalue weighted by Crippen LogP contribution is 2.35. The van der Waals surface area contributed by atoms with Gasteiger partial charge in [-0.15, -0.1) is 0 Å². The maximum absolute atomic E-state index is 13.0. The predicted molar refractivity (Wildman–Crippen MR) is 124 cm³/mol. The van der Waals surface area contributed by atoms with E-state index in [1.54, 1.807) is 23.2 Å². The minimum absolute atomic E-state index is 0.00590. The topological polar surface area (TPSA) is 89.2 Å². The quantitative estimate of drug-likeness (QED) is 0.604. The highest BCUT2D eigenvalue weighted by molar-refractivity contribution is 6.30. The molecule has 3 aliphatic heterocycles. The Morgan fingerprint density at radius 2 is 1.94 bits per heavy atom. The molecule has 5 rings (SSSR count). The van der Waals surface area contributed by atoms with E-state index in [9.17, 15) is 9.59 Å². The second-order valence-corrected chi connectivity index (χ2v) is 8.51. The number of nitrogens with zero attached hydrogens (tertiary/aromatic N) is 3. The molecule has 0 radical (unpaired) electrons. The van der Waals surface area contributed by atoms with E-state index in [2.05, 4.69) is 16.2 Å². The Morgan fingerprint density at radius 1 is 1.15 bits per heavy atom. The standard InChI is InChI=1S/C23H25ClN6O3/c1-2-33-20-6-4-3-5-17(20)25-21(31)14-30-23(32)28-11-12-29-19(22(28)27-30)13-18(26-29)15-7-9-16(24)10-8-15/h3-12,18-19,22,26-27H,2,13-14H2,1H3,(H,25,31). The summed E-state index contributed by atoms with van der Waals surface area (Å²) in [5.41, 5.74) is 8.39. The molecule has 0 spiro atoms. The van der Waals surface area contributed by atoms with Crippen molar-refractivity contribution in [2.75, 3.05) is 18.5 Å². The van der Waals surface area contributed by atoms with Crippen molar-refractivity contribution >= 4 is 29.2 Å². The Labute approximate surface area is 196 Å². The minimum atomic E-state index is -0.313. The molecule has 0 bridgehead atoms. The summed E-state index contributed by atoms with van der Waals surface area (Å²) >= 11 is 6.02. The zero-order valence-corrected chi connectivity index (χ0v) is 18.8. The van der Waals surface area contributed by atoms with Crippen LogP contribution in [0.25, 0.3) is 0 Å². The highest BCUT2D eigenvalue weighted by Gasteiger charge is 2.48. The average Bonchev–Trinajstić information content (AvgIpc) is 3.37. The number of urea groups is 1. The Balaban J connectivity index is 1.24. The van der Waals surface area contributed by atoms with Gasteiger partial charge in [-0.3, -0.25) is 9.69 Å². The van der Waals surface area contributed by atoms with Crippen LogP contribution >= 0.6 is 11.6 Å². The zero-order valence-electron chi connectivity index (χ0n) is 18.1. The summed E-state index contributed by atoms with van der Waals surface area (Å²) in [6.07, 6.45) is 4.10. The molecule has 3 aliphatic rings. The van der Waals surface area contributed by atoms with E-state index in [4.69, 9.17) is 16.3 Å². The molecule has 2 saturated heterocycles. The van der Waals surface area contributed by atoms with Gasteiger partial charge in [-0.1, -0.05) is 35.9 Å². The molecule has 172 valence electrons. The number of halogens is 1. The number of ether oxygens (including phenoxy) is 1. The average molecular weight is 469 g/mol. The lowest BCUT2D eigenvalue weighted by molar-refractivity contribution is -0.117. The molecule has 2 aromatic carbocycles. The number of para-hydroxylation sites is 2. The Kier molecular flexibility index (Phi) is 5.84. The fraction of sp³-hybridized carbons (Fsp3) is 0.304. The SMILES string of the molecule is CCOc1ccccc1NC(=O)CN1NC2C3CC(c4ccc(Cl)cc4)NN3C=CN2C1=O. The lowest BCUT2D eigenvalue weighted by atomic mass is 10.00. The molecule has 0 saturated carbocycles. The number of nitrogens with one attached hydrogen (secondary N) is 3. The van der Waals surface area contributed by atoms with Crippen LogP contribution in [0.5, 0.6) is 5.75 Å². The van der Waals surface area contributed by atoms with Crippen molar-refractivity contribution in [2.45, 2.75) is 31.6 Å². The molecule has 2 aromatic rings. The first kappa shape index (κ1) is 21.6. The summed E-state index contributed by atoms with van der Waals surface area (Å²) in [5, 5.41) is 6.90. The predicted octanol–water partition coefficient (Wildman–Crippen LogP) is 3.05. The largest absolute Gasteiger partial charge is 0.492 e. The molecule has 3 unspecified atom stereocenters. The van der Waals surface area contributed by atoms with Gasteiger partial charge >= 0.3 is 6.03 Å². The number of fused-ring (bicyclic) bond motifs is 3. The van der Waals surface area contributed by atoms with Gasteiger partial charge in [-0.05, 0) is 43.2 Å². The van der Waals surface area contributed by atoms with Crippen LogP contribution in [0.4, 0.5) is 10.5 Å². The molecule has 3 heterocycles. The molecule has 10 heteroatoms. The molecule has 3 amide bonds. The van der Waals surface area contributed by atoms with E-state index in [1.807, 2.05) is 54.5 Å². The van der Waals surface area contributed by atoms with Gasteiger partial charge in [0.2, 0.25) is 5.91 Å². The second-order valence-electron chi connectivity index (χ2n) is 8.07. The van der Waals surface area contributed by atoms with E-state index in [0.29, 0.717) is 23.1 Å². The molecular weight excluding hydrogens is 444 g/mol. The summed E-state index contributed by atoms with van der Waals surface area (Å²) in [7, 11) is 0. The number of benzene rings is 2. The van der Waals surface area contributed by atoms with Gasteiger partial charge in [0.1, 0.15) is 18.5 Å². The molecule has 9 nitrogen and oxygen atoms in total. The zero-order chi connectivity index (χ0) is 22.9. The molecule has 3 N–H and O–H groups in total. The molecule has 2 fully saturated rings. The van der Waals surface area contributed by atoms with E-state index in [0.717, 1.165) is 12.0 Å². The lowest BCUT2D eigenvalue weighted by Gasteiger charge is -2.34. The van der Waals surface area contributed by atoms with Gasteiger partial charge in [0.25, 0.3) is 0 Å². The third-order valence-electron chi connectivity index (χ3n) is 5.97. The first-order chi connectivity index (χ1) is 16.0. The van der Waals surface area contributed by atoms with Crippen LogP contribution in [-0.2, 0) is 4.79 Å². The fourth-order valence-corrected chi connectivity index (χ4v) is 4.55. The fourth-order valence-electron chi connectivity index (χ4n) is 4.43. The van der Waals surface area contributed by atoms with Gasteiger partial charge in [0, 0.05) is 17.4 Å². The number of carbonyl (C=O) groups excluding carboxylic acids is 2. The number of anilines is 1. The van der Waals surface area contributed by atoms with E-state index in [-0.39, 0.29) is 36.7 Å². The first-order valence-electron chi connectivity index (χ1n) is 10.9. The number of hydrogen-bond donors (Lipinski definition) is 3. The van der Waals surface area contributed by atoms with Gasteiger partial charge in [-0.2, -0.15) is 0 Å². The van der Waals surface area contributed by atoms with Gasteiger partial charge in [-0.25, -0.2) is 20.7 Å². The number of carbonyl (C=O) groups is 2. The van der Waals surface area contributed by atoms with E-state index in [1.165, 1.54) is 5.01 Å². The number of hydrazine groups is 2. The van der Waals surface area contributed by atoms with Crippen molar-refractivity contribution in [2.24, 2.45) is 0 Å². The van der Waals surface area contributed by atoms with E-state index < -0.39 is 0 Å². The van der Waals surface area contributed by atoms with Crippen LogP contribution in [0.3, 0.4) is 0 Å². The molecule has 3 atom stereocenters. The second kappa shape index (κ2) is 8.93. The normalized spacial score (nSPS) is 23.5.